The first-order valence-electron chi connectivity index (χ1n) is 5.71. The van der Waals surface area contributed by atoms with Crippen molar-refractivity contribution in [2.75, 3.05) is 5.32 Å². The van der Waals surface area contributed by atoms with Gasteiger partial charge in [0.1, 0.15) is 5.82 Å². The molecule has 1 aromatic heterocycles. The Kier molecular flexibility index (Phi) is 3.91. The summed E-state index contributed by atoms with van der Waals surface area (Å²) in [5, 5.41) is 14.7. The SMILES string of the molecule is Cc1cc(/C=N\O)cnc1NCc1ccccc1. The van der Waals surface area contributed by atoms with Crippen LogP contribution < -0.4 is 5.32 Å². The van der Waals surface area contributed by atoms with Crippen LogP contribution >= 0.6 is 0 Å². The van der Waals surface area contributed by atoms with Crippen molar-refractivity contribution in [3.05, 3.63) is 59.3 Å². The summed E-state index contributed by atoms with van der Waals surface area (Å²) in [7, 11) is 0. The second-order valence-electron chi connectivity index (χ2n) is 4.02. The molecule has 0 saturated heterocycles. The van der Waals surface area contributed by atoms with Gasteiger partial charge in [0.25, 0.3) is 0 Å². The fourth-order valence-corrected chi connectivity index (χ4v) is 1.70. The Morgan fingerprint density at radius 2 is 2.11 bits per heavy atom. The maximum Gasteiger partial charge on any atom is 0.129 e. The van der Waals surface area contributed by atoms with Gasteiger partial charge in [-0.05, 0) is 24.1 Å². The van der Waals surface area contributed by atoms with E-state index in [0.29, 0.717) is 0 Å². The summed E-state index contributed by atoms with van der Waals surface area (Å²) in [6, 6.07) is 12.1. The topological polar surface area (TPSA) is 57.5 Å². The van der Waals surface area contributed by atoms with Crippen LogP contribution in [0.15, 0.2) is 47.8 Å². The molecule has 18 heavy (non-hydrogen) atoms. The van der Waals surface area contributed by atoms with Gasteiger partial charge in [0.05, 0.1) is 6.21 Å². The average Bonchev–Trinajstić information content (AvgIpc) is 2.39. The van der Waals surface area contributed by atoms with Crippen molar-refractivity contribution in [1.29, 1.82) is 0 Å². The molecule has 0 amide bonds. The fourth-order valence-electron chi connectivity index (χ4n) is 1.70. The van der Waals surface area contributed by atoms with Gasteiger partial charge in [-0.15, -0.1) is 0 Å². The molecule has 4 heteroatoms. The van der Waals surface area contributed by atoms with Gasteiger partial charge in [0.15, 0.2) is 0 Å². The monoisotopic (exact) mass is 241 g/mol. The largest absolute Gasteiger partial charge is 0.411 e. The van der Waals surface area contributed by atoms with Crippen LogP contribution in [0.1, 0.15) is 16.7 Å². The molecule has 0 aliphatic rings. The molecule has 0 saturated carbocycles. The van der Waals surface area contributed by atoms with Crippen molar-refractivity contribution in [1.82, 2.24) is 4.98 Å². The Labute approximate surface area is 106 Å². The summed E-state index contributed by atoms with van der Waals surface area (Å²) in [6.07, 6.45) is 3.03. The van der Waals surface area contributed by atoms with Crippen LogP contribution in [0.2, 0.25) is 0 Å². The summed E-state index contributed by atoms with van der Waals surface area (Å²) in [5.41, 5.74) is 3.00. The Bertz CT molecular complexity index is 538. The van der Waals surface area contributed by atoms with Crippen molar-refractivity contribution in [3.63, 3.8) is 0 Å². The van der Waals surface area contributed by atoms with Crippen molar-refractivity contribution in [3.8, 4) is 0 Å². The van der Waals surface area contributed by atoms with E-state index in [9.17, 15) is 0 Å². The fraction of sp³-hybridized carbons (Fsp3) is 0.143. The Balaban J connectivity index is 2.06. The zero-order valence-electron chi connectivity index (χ0n) is 10.2. The van der Waals surface area contributed by atoms with Gasteiger partial charge in [-0.3, -0.25) is 0 Å². The van der Waals surface area contributed by atoms with Crippen LogP contribution in [0.4, 0.5) is 5.82 Å². The average molecular weight is 241 g/mol. The van der Waals surface area contributed by atoms with Crippen molar-refractivity contribution in [2.45, 2.75) is 13.5 Å². The summed E-state index contributed by atoms with van der Waals surface area (Å²) < 4.78 is 0. The molecule has 0 bridgehead atoms. The molecule has 2 rings (SSSR count). The number of aromatic nitrogens is 1. The molecular weight excluding hydrogens is 226 g/mol. The first-order valence-corrected chi connectivity index (χ1v) is 5.71. The number of hydrogen-bond donors (Lipinski definition) is 2. The lowest BCUT2D eigenvalue weighted by Gasteiger charge is -2.08. The van der Waals surface area contributed by atoms with Gasteiger partial charge < -0.3 is 10.5 Å². The van der Waals surface area contributed by atoms with Gasteiger partial charge in [0, 0.05) is 18.3 Å². The molecule has 0 radical (unpaired) electrons. The second-order valence-corrected chi connectivity index (χ2v) is 4.02. The summed E-state index contributed by atoms with van der Waals surface area (Å²) in [4.78, 5) is 4.30. The van der Waals surface area contributed by atoms with Gasteiger partial charge in [0.2, 0.25) is 0 Å². The molecule has 1 heterocycles. The van der Waals surface area contributed by atoms with Crippen LogP contribution in [0.5, 0.6) is 0 Å². The van der Waals surface area contributed by atoms with Crippen molar-refractivity contribution in [2.24, 2.45) is 5.16 Å². The van der Waals surface area contributed by atoms with E-state index in [-0.39, 0.29) is 0 Å². The van der Waals surface area contributed by atoms with Crippen molar-refractivity contribution < 1.29 is 5.21 Å². The molecule has 0 spiro atoms. The normalized spacial score (nSPS) is 10.7. The summed E-state index contributed by atoms with van der Waals surface area (Å²) in [5.74, 6) is 0.842. The number of rotatable bonds is 4. The zero-order chi connectivity index (χ0) is 12.8. The first kappa shape index (κ1) is 12.1. The van der Waals surface area contributed by atoms with Crippen LogP contribution in [-0.4, -0.2) is 16.4 Å². The predicted octanol–water partition coefficient (Wildman–Crippen LogP) is 2.81. The van der Waals surface area contributed by atoms with E-state index < -0.39 is 0 Å². The van der Waals surface area contributed by atoms with E-state index in [1.807, 2.05) is 31.2 Å². The van der Waals surface area contributed by atoms with Crippen LogP contribution in [0.25, 0.3) is 0 Å². The second kappa shape index (κ2) is 5.82. The van der Waals surface area contributed by atoms with Gasteiger partial charge in [-0.2, -0.15) is 0 Å². The molecule has 0 atom stereocenters. The molecule has 0 fully saturated rings. The van der Waals surface area contributed by atoms with E-state index in [0.717, 1.165) is 23.5 Å². The predicted molar refractivity (Wildman–Crippen MR) is 72.1 cm³/mol. The highest BCUT2D eigenvalue weighted by molar-refractivity contribution is 5.79. The van der Waals surface area contributed by atoms with E-state index in [1.54, 1.807) is 6.20 Å². The smallest absolute Gasteiger partial charge is 0.129 e. The Morgan fingerprint density at radius 1 is 1.33 bits per heavy atom. The lowest BCUT2D eigenvalue weighted by atomic mass is 10.2. The minimum atomic E-state index is 0.738. The summed E-state index contributed by atoms with van der Waals surface area (Å²) >= 11 is 0. The van der Waals surface area contributed by atoms with Crippen molar-refractivity contribution >= 4 is 12.0 Å². The number of benzene rings is 1. The van der Waals surface area contributed by atoms with E-state index in [2.05, 4.69) is 27.6 Å². The third-order valence-corrected chi connectivity index (χ3v) is 2.61. The minimum absolute atomic E-state index is 0.738. The molecule has 1 aromatic carbocycles. The highest BCUT2D eigenvalue weighted by atomic mass is 16.4. The first-order chi connectivity index (χ1) is 8.79. The van der Waals surface area contributed by atoms with E-state index in [4.69, 9.17) is 5.21 Å². The molecule has 92 valence electrons. The number of anilines is 1. The van der Waals surface area contributed by atoms with Gasteiger partial charge in [-0.25, -0.2) is 4.98 Å². The third-order valence-electron chi connectivity index (χ3n) is 2.61. The molecular formula is C14H15N3O. The van der Waals surface area contributed by atoms with Gasteiger partial charge in [-0.1, -0.05) is 35.5 Å². The zero-order valence-corrected chi connectivity index (χ0v) is 10.2. The number of nitrogens with one attached hydrogen (secondary N) is 1. The standard InChI is InChI=1S/C14H15N3O/c1-11-7-13(10-17-18)9-16-14(11)15-8-12-5-3-2-4-6-12/h2-7,9-10,18H,8H2,1H3,(H,15,16)/b17-10-. The number of aryl methyl sites for hydroxylation is 1. The third kappa shape index (κ3) is 3.07. The van der Waals surface area contributed by atoms with Crippen LogP contribution in [-0.2, 0) is 6.54 Å². The minimum Gasteiger partial charge on any atom is -0.411 e. The number of oxime groups is 1. The summed E-state index contributed by atoms with van der Waals surface area (Å²) in [6.45, 7) is 2.71. The van der Waals surface area contributed by atoms with E-state index >= 15 is 0 Å². The molecule has 0 aliphatic carbocycles. The Morgan fingerprint density at radius 3 is 2.78 bits per heavy atom. The Hall–Kier alpha value is -2.36. The molecule has 2 N–H and O–H groups in total. The number of pyridine rings is 1. The molecule has 0 aliphatic heterocycles. The molecule has 4 nitrogen and oxygen atoms in total. The molecule has 0 unspecified atom stereocenters. The maximum absolute atomic E-state index is 8.46. The van der Waals surface area contributed by atoms with Crippen LogP contribution in [0.3, 0.4) is 0 Å². The number of hydrogen-bond acceptors (Lipinski definition) is 4. The van der Waals surface area contributed by atoms with Gasteiger partial charge >= 0.3 is 0 Å². The quantitative estimate of drug-likeness (QED) is 0.491. The molecule has 2 aromatic rings. The highest BCUT2D eigenvalue weighted by Crippen LogP contribution is 2.13. The number of nitrogens with zero attached hydrogens (tertiary/aromatic N) is 2. The highest BCUT2D eigenvalue weighted by Gasteiger charge is 2.00. The lowest BCUT2D eigenvalue weighted by Crippen LogP contribution is -2.03. The lowest BCUT2D eigenvalue weighted by molar-refractivity contribution is 0.322. The van der Waals surface area contributed by atoms with Crippen LogP contribution in [0, 0.1) is 6.92 Å². The van der Waals surface area contributed by atoms with E-state index in [1.165, 1.54) is 11.8 Å². The maximum atomic E-state index is 8.46.